The number of anilines is 1. The van der Waals surface area contributed by atoms with Crippen molar-refractivity contribution in [3.63, 3.8) is 0 Å². The van der Waals surface area contributed by atoms with Gasteiger partial charge in [0.15, 0.2) is 5.13 Å². The molecule has 0 unspecified atom stereocenters. The van der Waals surface area contributed by atoms with Gasteiger partial charge in [0.05, 0.1) is 6.20 Å². The number of aromatic nitrogens is 1. The molecule has 0 radical (unpaired) electrons. The molecule has 0 saturated carbocycles. The van der Waals surface area contributed by atoms with Gasteiger partial charge in [0.2, 0.25) is 0 Å². The van der Waals surface area contributed by atoms with E-state index < -0.39 is 5.97 Å². The third-order valence-corrected chi connectivity index (χ3v) is 2.05. The highest BCUT2D eigenvalue weighted by atomic mass is 32.1. The number of nitrogens with zero attached hydrogens (tertiary/aromatic N) is 1. The van der Waals surface area contributed by atoms with Gasteiger partial charge in [-0.2, -0.15) is 0 Å². The van der Waals surface area contributed by atoms with E-state index in [2.05, 4.69) is 10.3 Å². The molecule has 4 nitrogen and oxygen atoms in total. The van der Waals surface area contributed by atoms with E-state index in [0.717, 1.165) is 11.3 Å². The molecule has 0 fully saturated rings. The summed E-state index contributed by atoms with van der Waals surface area (Å²) in [7, 11) is 0. The Morgan fingerprint density at radius 3 is 2.83 bits per heavy atom. The van der Waals surface area contributed by atoms with Gasteiger partial charge in [-0.25, -0.2) is 9.78 Å². The van der Waals surface area contributed by atoms with Crippen molar-refractivity contribution in [1.82, 2.24) is 4.98 Å². The molecule has 5 heteroatoms. The van der Waals surface area contributed by atoms with Crippen LogP contribution in [0.3, 0.4) is 0 Å². The lowest BCUT2D eigenvalue weighted by atomic mass is 10.4. The average Bonchev–Trinajstić information content (AvgIpc) is 2.34. The Kier molecular flexibility index (Phi) is 2.65. The predicted octanol–water partition coefficient (Wildman–Crippen LogP) is 1.66. The Morgan fingerprint density at radius 1 is 1.75 bits per heavy atom. The summed E-state index contributed by atoms with van der Waals surface area (Å²) in [6, 6.07) is 0.276. The topological polar surface area (TPSA) is 62.2 Å². The van der Waals surface area contributed by atoms with Crippen molar-refractivity contribution in [2.75, 3.05) is 5.32 Å². The summed E-state index contributed by atoms with van der Waals surface area (Å²) in [6.07, 6.45) is 1.36. The summed E-state index contributed by atoms with van der Waals surface area (Å²) in [6.45, 7) is 3.95. The van der Waals surface area contributed by atoms with Crippen LogP contribution in [0.15, 0.2) is 6.20 Å². The second kappa shape index (κ2) is 3.53. The number of rotatable bonds is 3. The average molecular weight is 186 g/mol. The van der Waals surface area contributed by atoms with Crippen LogP contribution in [0.2, 0.25) is 0 Å². The lowest BCUT2D eigenvalue weighted by Gasteiger charge is -2.03. The molecule has 0 aliphatic rings. The first-order chi connectivity index (χ1) is 5.59. The van der Waals surface area contributed by atoms with Gasteiger partial charge in [0, 0.05) is 6.04 Å². The minimum Gasteiger partial charge on any atom is -0.477 e. The molecule has 0 atom stereocenters. The third kappa shape index (κ3) is 2.20. The molecule has 0 amide bonds. The number of hydrogen-bond acceptors (Lipinski definition) is 4. The summed E-state index contributed by atoms with van der Waals surface area (Å²) in [5, 5.41) is 12.3. The van der Waals surface area contributed by atoms with E-state index >= 15 is 0 Å². The van der Waals surface area contributed by atoms with Gasteiger partial charge in [-0.3, -0.25) is 0 Å². The zero-order valence-electron chi connectivity index (χ0n) is 6.87. The smallest absolute Gasteiger partial charge is 0.347 e. The Balaban J connectivity index is 2.71. The van der Waals surface area contributed by atoms with Crippen molar-refractivity contribution in [1.29, 1.82) is 0 Å². The standard InChI is InChI=1S/C7H10N2O2S/c1-4(2)9-7-8-3-5(12-7)6(10)11/h3-4H,1-2H3,(H,8,9)(H,10,11). The monoisotopic (exact) mass is 186 g/mol. The van der Waals surface area contributed by atoms with Crippen molar-refractivity contribution in [2.24, 2.45) is 0 Å². The maximum atomic E-state index is 10.4. The summed E-state index contributed by atoms with van der Waals surface area (Å²) in [5.74, 6) is -0.927. The zero-order valence-corrected chi connectivity index (χ0v) is 7.68. The molecule has 66 valence electrons. The van der Waals surface area contributed by atoms with Crippen LogP contribution >= 0.6 is 11.3 Å². The van der Waals surface area contributed by atoms with Gasteiger partial charge in [-0.05, 0) is 13.8 Å². The van der Waals surface area contributed by atoms with Gasteiger partial charge >= 0.3 is 5.97 Å². The number of carbonyl (C=O) groups is 1. The molecule has 12 heavy (non-hydrogen) atoms. The van der Waals surface area contributed by atoms with E-state index in [1.54, 1.807) is 0 Å². The fourth-order valence-corrected chi connectivity index (χ4v) is 1.49. The molecule has 0 bridgehead atoms. The number of carboxylic acid groups (broad SMARTS) is 1. The molecule has 0 aliphatic carbocycles. The largest absolute Gasteiger partial charge is 0.477 e. The third-order valence-electron chi connectivity index (χ3n) is 1.13. The van der Waals surface area contributed by atoms with E-state index in [9.17, 15) is 4.79 Å². The van der Waals surface area contributed by atoms with Gasteiger partial charge in [0.1, 0.15) is 4.88 Å². The second-order valence-corrected chi connectivity index (χ2v) is 3.66. The van der Waals surface area contributed by atoms with Crippen LogP contribution in [0.5, 0.6) is 0 Å². The van der Waals surface area contributed by atoms with Gasteiger partial charge < -0.3 is 10.4 Å². The van der Waals surface area contributed by atoms with Crippen molar-refractivity contribution in [3.8, 4) is 0 Å². The van der Waals surface area contributed by atoms with Gasteiger partial charge in [-0.15, -0.1) is 0 Å². The Labute approximate surface area is 74.3 Å². The minimum absolute atomic E-state index is 0.262. The molecule has 1 aromatic heterocycles. The molecule has 0 aromatic carbocycles. The Morgan fingerprint density at radius 2 is 2.42 bits per heavy atom. The second-order valence-electron chi connectivity index (χ2n) is 2.63. The first-order valence-electron chi connectivity index (χ1n) is 3.55. The summed E-state index contributed by atoms with van der Waals surface area (Å²) in [4.78, 5) is 14.6. The maximum Gasteiger partial charge on any atom is 0.347 e. The van der Waals surface area contributed by atoms with E-state index in [1.807, 2.05) is 13.8 Å². The maximum absolute atomic E-state index is 10.4. The molecule has 0 saturated heterocycles. The van der Waals surface area contributed by atoms with E-state index in [4.69, 9.17) is 5.11 Å². The molecule has 1 heterocycles. The number of hydrogen-bond donors (Lipinski definition) is 2. The van der Waals surface area contributed by atoms with Crippen molar-refractivity contribution >= 4 is 22.4 Å². The van der Waals surface area contributed by atoms with Crippen LogP contribution in [0.4, 0.5) is 5.13 Å². The summed E-state index contributed by atoms with van der Waals surface area (Å²) in [5.41, 5.74) is 0. The molecule has 1 rings (SSSR count). The normalized spacial score (nSPS) is 10.2. The van der Waals surface area contributed by atoms with Crippen LogP contribution in [0, 0.1) is 0 Å². The lowest BCUT2D eigenvalue weighted by molar-refractivity contribution is 0.0702. The highest BCUT2D eigenvalue weighted by Gasteiger charge is 2.08. The van der Waals surface area contributed by atoms with Crippen molar-refractivity contribution in [2.45, 2.75) is 19.9 Å². The highest BCUT2D eigenvalue weighted by molar-refractivity contribution is 7.17. The SMILES string of the molecule is CC(C)Nc1ncc(C(=O)O)s1. The van der Waals surface area contributed by atoms with Gasteiger partial charge in [0.25, 0.3) is 0 Å². The number of carboxylic acids is 1. The predicted molar refractivity (Wildman–Crippen MR) is 47.8 cm³/mol. The van der Waals surface area contributed by atoms with Crippen LogP contribution < -0.4 is 5.32 Å². The van der Waals surface area contributed by atoms with Crippen LogP contribution in [0.1, 0.15) is 23.5 Å². The number of thiazole rings is 1. The zero-order chi connectivity index (χ0) is 9.14. The fourth-order valence-electron chi connectivity index (χ4n) is 0.687. The number of aromatic carboxylic acids is 1. The first-order valence-corrected chi connectivity index (χ1v) is 4.37. The highest BCUT2D eigenvalue weighted by Crippen LogP contribution is 2.18. The van der Waals surface area contributed by atoms with E-state index in [0.29, 0.717) is 5.13 Å². The molecular formula is C7H10N2O2S. The summed E-state index contributed by atoms with van der Waals surface area (Å²) >= 11 is 1.15. The fraction of sp³-hybridized carbons (Fsp3) is 0.429. The molecular weight excluding hydrogens is 176 g/mol. The number of nitrogens with one attached hydrogen (secondary N) is 1. The first kappa shape index (κ1) is 8.99. The van der Waals surface area contributed by atoms with Gasteiger partial charge in [-0.1, -0.05) is 11.3 Å². The van der Waals surface area contributed by atoms with Crippen LogP contribution in [-0.2, 0) is 0 Å². The van der Waals surface area contributed by atoms with Crippen molar-refractivity contribution in [3.05, 3.63) is 11.1 Å². The van der Waals surface area contributed by atoms with Crippen LogP contribution in [0.25, 0.3) is 0 Å². The molecule has 2 N–H and O–H groups in total. The summed E-state index contributed by atoms with van der Waals surface area (Å²) < 4.78 is 0. The Bertz CT molecular complexity index is 283. The molecule has 1 aromatic rings. The van der Waals surface area contributed by atoms with E-state index in [1.165, 1.54) is 6.20 Å². The lowest BCUT2D eigenvalue weighted by Crippen LogP contribution is -2.08. The molecule has 0 spiro atoms. The Hall–Kier alpha value is -1.10. The van der Waals surface area contributed by atoms with E-state index in [-0.39, 0.29) is 10.9 Å². The minimum atomic E-state index is -0.927. The van der Waals surface area contributed by atoms with Crippen LogP contribution in [-0.4, -0.2) is 22.1 Å². The quantitative estimate of drug-likeness (QED) is 0.753. The van der Waals surface area contributed by atoms with Crippen molar-refractivity contribution < 1.29 is 9.90 Å². The molecule has 0 aliphatic heterocycles.